The molecule has 2 fully saturated rings. The van der Waals surface area contributed by atoms with Crippen molar-refractivity contribution in [2.24, 2.45) is 10.9 Å². The summed E-state index contributed by atoms with van der Waals surface area (Å²) < 4.78 is 0. The molecule has 2 aliphatic heterocycles. The Morgan fingerprint density at radius 2 is 2.12 bits per heavy atom. The molecule has 2 heterocycles. The van der Waals surface area contributed by atoms with Gasteiger partial charge in [-0.3, -0.25) is 14.6 Å². The van der Waals surface area contributed by atoms with E-state index in [0.717, 1.165) is 57.8 Å². The van der Waals surface area contributed by atoms with Crippen molar-refractivity contribution < 1.29 is 9.59 Å². The van der Waals surface area contributed by atoms with Crippen molar-refractivity contribution in [3.8, 4) is 0 Å². The second-order valence-corrected chi connectivity index (χ2v) is 7.61. The SMILES string of the molecule is CCC(CCNC(=NC)NC1CCN(C(=O)C(C)C)C1)N1CCCC1=O. The predicted octanol–water partition coefficient (Wildman–Crippen LogP) is 1.20. The first-order chi connectivity index (χ1) is 12.5. The molecule has 2 amide bonds. The summed E-state index contributed by atoms with van der Waals surface area (Å²) in [5, 5.41) is 6.79. The number of carbonyl (C=O) groups is 2. The molecule has 0 radical (unpaired) electrons. The van der Waals surface area contributed by atoms with Crippen LogP contribution in [0.15, 0.2) is 4.99 Å². The molecule has 0 saturated carbocycles. The lowest BCUT2D eigenvalue weighted by Gasteiger charge is -2.27. The van der Waals surface area contributed by atoms with Gasteiger partial charge in [0.05, 0.1) is 0 Å². The first kappa shape index (κ1) is 20.5. The van der Waals surface area contributed by atoms with Gasteiger partial charge < -0.3 is 20.4 Å². The highest BCUT2D eigenvalue weighted by Gasteiger charge is 2.28. The van der Waals surface area contributed by atoms with Gasteiger partial charge in [-0.15, -0.1) is 0 Å². The maximum absolute atomic E-state index is 12.1. The number of guanidine groups is 1. The van der Waals surface area contributed by atoms with Crippen molar-refractivity contribution in [2.75, 3.05) is 33.2 Å². The Kier molecular flexibility index (Phi) is 7.72. The molecule has 0 spiro atoms. The van der Waals surface area contributed by atoms with Crippen LogP contribution in [0.5, 0.6) is 0 Å². The second kappa shape index (κ2) is 9.78. The molecule has 0 bridgehead atoms. The lowest BCUT2D eigenvalue weighted by atomic mass is 10.1. The summed E-state index contributed by atoms with van der Waals surface area (Å²) in [7, 11) is 1.77. The molecule has 0 aromatic carbocycles. The largest absolute Gasteiger partial charge is 0.356 e. The number of amides is 2. The van der Waals surface area contributed by atoms with E-state index in [0.29, 0.717) is 18.4 Å². The van der Waals surface area contributed by atoms with Crippen LogP contribution in [-0.2, 0) is 9.59 Å². The molecule has 0 aromatic heterocycles. The summed E-state index contributed by atoms with van der Waals surface area (Å²) in [6, 6.07) is 0.548. The van der Waals surface area contributed by atoms with Gasteiger partial charge in [0, 0.05) is 57.6 Å². The van der Waals surface area contributed by atoms with Crippen molar-refractivity contribution >= 4 is 17.8 Å². The van der Waals surface area contributed by atoms with E-state index < -0.39 is 0 Å². The normalized spacial score (nSPS) is 22.3. The van der Waals surface area contributed by atoms with Crippen molar-refractivity contribution in [1.29, 1.82) is 0 Å². The van der Waals surface area contributed by atoms with Crippen LogP contribution < -0.4 is 10.6 Å². The highest BCUT2D eigenvalue weighted by Crippen LogP contribution is 2.17. The van der Waals surface area contributed by atoms with Crippen LogP contribution in [0.25, 0.3) is 0 Å². The van der Waals surface area contributed by atoms with Crippen LogP contribution in [0.2, 0.25) is 0 Å². The van der Waals surface area contributed by atoms with E-state index >= 15 is 0 Å². The smallest absolute Gasteiger partial charge is 0.225 e. The molecule has 26 heavy (non-hydrogen) atoms. The minimum atomic E-state index is 0.0467. The van der Waals surface area contributed by atoms with Crippen molar-refractivity contribution in [3.05, 3.63) is 0 Å². The van der Waals surface area contributed by atoms with E-state index in [1.807, 2.05) is 23.6 Å². The maximum atomic E-state index is 12.1. The highest BCUT2D eigenvalue weighted by atomic mass is 16.2. The Balaban J connectivity index is 1.74. The fourth-order valence-electron chi connectivity index (χ4n) is 3.82. The molecule has 2 saturated heterocycles. The zero-order valence-electron chi connectivity index (χ0n) is 16.8. The zero-order chi connectivity index (χ0) is 19.1. The highest BCUT2D eigenvalue weighted by molar-refractivity contribution is 5.81. The van der Waals surface area contributed by atoms with E-state index in [9.17, 15) is 9.59 Å². The Morgan fingerprint density at radius 1 is 1.35 bits per heavy atom. The van der Waals surface area contributed by atoms with E-state index in [2.05, 4.69) is 22.5 Å². The van der Waals surface area contributed by atoms with Gasteiger partial charge in [0.2, 0.25) is 11.8 Å². The summed E-state index contributed by atoms with van der Waals surface area (Å²) in [5.74, 6) is 1.33. The molecule has 7 nitrogen and oxygen atoms in total. The Bertz CT molecular complexity index is 520. The van der Waals surface area contributed by atoms with E-state index in [1.54, 1.807) is 7.05 Å². The van der Waals surface area contributed by atoms with Crippen LogP contribution in [0.4, 0.5) is 0 Å². The Labute approximate surface area is 157 Å². The van der Waals surface area contributed by atoms with Gasteiger partial charge >= 0.3 is 0 Å². The lowest BCUT2D eigenvalue weighted by molar-refractivity contribution is -0.133. The van der Waals surface area contributed by atoms with Crippen LogP contribution >= 0.6 is 0 Å². The fourth-order valence-corrected chi connectivity index (χ4v) is 3.82. The minimum absolute atomic E-state index is 0.0467. The number of rotatable bonds is 7. The molecule has 7 heteroatoms. The average molecular weight is 366 g/mol. The number of hydrogen-bond donors (Lipinski definition) is 2. The fraction of sp³-hybridized carbons (Fsp3) is 0.842. The zero-order valence-corrected chi connectivity index (χ0v) is 16.8. The first-order valence-electron chi connectivity index (χ1n) is 10.0. The molecule has 0 aliphatic carbocycles. The maximum Gasteiger partial charge on any atom is 0.225 e. The Morgan fingerprint density at radius 3 is 2.69 bits per heavy atom. The Hall–Kier alpha value is -1.79. The van der Waals surface area contributed by atoms with E-state index in [1.165, 1.54) is 0 Å². The number of aliphatic imine (C=N–C) groups is 1. The van der Waals surface area contributed by atoms with Crippen LogP contribution in [0.3, 0.4) is 0 Å². The molecule has 2 N–H and O–H groups in total. The monoisotopic (exact) mass is 365 g/mol. The summed E-state index contributed by atoms with van der Waals surface area (Å²) >= 11 is 0. The molecule has 0 aromatic rings. The molecule has 2 unspecified atom stereocenters. The van der Waals surface area contributed by atoms with Gasteiger partial charge in [-0.2, -0.15) is 0 Å². The first-order valence-corrected chi connectivity index (χ1v) is 10.0. The third-order valence-corrected chi connectivity index (χ3v) is 5.35. The van der Waals surface area contributed by atoms with Crippen molar-refractivity contribution in [1.82, 2.24) is 20.4 Å². The standard InChI is InChI=1S/C19H35N5O2/c1-5-16(24-11-6-7-17(24)25)8-10-21-19(20-4)22-15-9-12-23(13-15)18(26)14(2)3/h14-16H,5-13H2,1-4H3,(H2,20,21,22). The second-order valence-electron chi connectivity index (χ2n) is 7.61. The molecule has 2 aliphatic rings. The van der Waals surface area contributed by atoms with Crippen molar-refractivity contribution in [2.45, 2.75) is 65.0 Å². The van der Waals surface area contributed by atoms with Crippen LogP contribution in [-0.4, -0.2) is 72.9 Å². The summed E-state index contributed by atoms with van der Waals surface area (Å²) in [4.78, 5) is 32.3. The molecule has 148 valence electrons. The number of likely N-dealkylation sites (tertiary alicyclic amines) is 2. The number of nitrogens with one attached hydrogen (secondary N) is 2. The molecular weight excluding hydrogens is 330 g/mol. The summed E-state index contributed by atoms with van der Waals surface area (Å²) in [6.45, 7) is 9.24. The molecule has 2 atom stereocenters. The number of hydrogen-bond acceptors (Lipinski definition) is 3. The van der Waals surface area contributed by atoms with Crippen LogP contribution in [0.1, 0.15) is 52.9 Å². The van der Waals surface area contributed by atoms with E-state index in [-0.39, 0.29) is 17.9 Å². The summed E-state index contributed by atoms with van der Waals surface area (Å²) in [6.07, 6.45) is 4.53. The quantitative estimate of drug-likeness (QED) is 0.525. The van der Waals surface area contributed by atoms with Gasteiger partial charge in [0.1, 0.15) is 0 Å². The van der Waals surface area contributed by atoms with Gasteiger partial charge in [0.15, 0.2) is 5.96 Å². The van der Waals surface area contributed by atoms with Gasteiger partial charge in [-0.05, 0) is 25.7 Å². The van der Waals surface area contributed by atoms with Gasteiger partial charge in [0.25, 0.3) is 0 Å². The van der Waals surface area contributed by atoms with E-state index in [4.69, 9.17) is 0 Å². The van der Waals surface area contributed by atoms with Gasteiger partial charge in [-0.1, -0.05) is 20.8 Å². The summed E-state index contributed by atoms with van der Waals surface area (Å²) in [5.41, 5.74) is 0. The minimum Gasteiger partial charge on any atom is -0.356 e. The predicted molar refractivity (Wildman–Crippen MR) is 104 cm³/mol. The molecular formula is C19H35N5O2. The third kappa shape index (κ3) is 5.35. The number of carbonyl (C=O) groups excluding carboxylic acids is 2. The molecule has 2 rings (SSSR count). The third-order valence-electron chi connectivity index (χ3n) is 5.35. The van der Waals surface area contributed by atoms with Crippen LogP contribution in [0, 0.1) is 5.92 Å². The lowest BCUT2D eigenvalue weighted by Crippen LogP contribution is -2.46. The van der Waals surface area contributed by atoms with Gasteiger partial charge in [-0.25, -0.2) is 0 Å². The average Bonchev–Trinajstić information content (AvgIpc) is 3.26. The number of nitrogens with zero attached hydrogens (tertiary/aromatic N) is 3. The van der Waals surface area contributed by atoms with Crippen molar-refractivity contribution in [3.63, 3.8) is 0 Å². The topological polar surface area (TPSA) is 77.0 Å².